The highest BCUT2D eigenvalue weighted by molar-refractivity contribution is 9.09. The van der Waals surface area contributed by atoms with Crippen LogP contribution < -0.4 is 0 Å². The van der Waals surface area contributed by atoms with Crippen molar-refractivity contribution in [2.24, 2.45) is 0 Å². The van der Waals surface area contributed by atoms with E-state index in [4.69, 9.17) is 5.26 Å². The molecule has 0 saturated carbocycles. The molecule has 86 valence electrons. The maximum Gasteiger partial charge on any atom is 0.136 e. The van der Waals surface area contributed by atoms with Gasteiger partial charge in [-0.2, -0.15) is 5.26 Å². The fourth-order valence-corrected chi connectivity index (χ4v) is 2.04. The Morgan fingerprint density at radius 3 is 2.62 bits per heavy atom. The molecule has 0 heterocycles. The molecule has 0 saturated heterocycles. The van der Waals surface area contributed by atoms with Gasteiger partial charge in [-0.3, -0.25) is 0 Å². The Labute approximate surface area is 105 Å². The van der Waals surface area contributed by atoms with E-state index in [2.05, 4.69) is 15.9 Å². The number of hydrogen-bond donors (Lipinski definition) is 1. The first-order chi connectivity index (χ1) is 7.79. The van der Waals surface area contributed by atoms with E-state index in [1.165, 1.54) is 19.3 Å². The SMILES string of the molecule is N#Cc1cccc(CCCCCCBr)c1O. The van der Waals surface area contributed by atoms with Gasteiger partial charge < -0.3 is 5.11 Å². The number of aryl methyl sites for hydroxylation is 1. The number of rotatable bonds is 6. The molecule has 0 aliphatic carbocycles. The quantitative estimate of drug-likeness (QED) is 0.637. The number of phenols is 1. The van der Waals surface area contributed by atoms with Gasteiger partial charge in [0.05, 0.1) is 5.56 Å². The summed E-state index contributed by atoms with van der Waals surface area (Å²) in [4.78, 5) is 0. The van der Waals surface area contributed by atoms with E-state index in [0.29, 0.717) is 5.56 Å². The summed E-state index contributed by atoms with van der Waals surface area (Å²) < 4.78 is 0. The summed E-state index contributed by atoms with van der Waals surface area (Å²) in [5, 5.41) is 19.6. The predicted molar refractivity (Wildman–Crippen MR) is 68.8 cm³/mol. The second kappa shape index (κ2) is 7.29. The topological polar surface area (TPSA) is 44.0 Å². The number of halogens is 1. The maximum atomic E-state index is 9.76. The molecule has 1 aromatic rings. The minimum absolute atomic E-state index is 0.158. The largest absolute Gasteiger partial charge is 0.506 e. The molecule has 0 aliphatic heterocycles. The average molecular weight is 282 g/mol. The maximum absolute atomic E-state index is 9.76. The molecule has 1 N–H and O–H groups in total. The minimum atomic E-state index is 0.158. The molecule has 0 atom stereocenters. The van der Waals surface area contributed by atoms with E-state index < -0.39 is 0 Å². The van der Waals surface area contributed by atoms with Crippen LogP contribution in [0.5, 0.6) is 5.75 Å². The zero-order valence-electron chi connectivity index (χ0n) is 9.25. The summed E-state index contributed by atoms with van der Waals surface area (Å²) in [5.41, 5.74) is 1.26. The molecule has 3 heteroatoms. The summed E-state index contributed by atoms with van der Waals surface area (Å²) in [6.07, 6.45) is 5.50. The van der Waals surface area contributed by atoms with Gasteiger partial charge in [0.1, 0.15) is 11.8 Å². The lowest BCUT2D eigenvalue weighted by Crippen LogP contribution is -1.89. The summed E-state index contributed by atoms with van der Waals surface area (Å²) in [7, 11) is 0. The van der Waals surface area contributed by atoms with Crippen LogP contribution in [0, 0.1) is 11.3 Å². The fourth-order valence-electron chi connectivity index (χ4n) is 1.65. The molecule has 0 unspecified atom stereocenters. The first-order valence-electron chi connectivity index (χ1n) is 5.56. The lowest BCUT2D eigenvalue weighted by molar-refractivity contribution is 0.464. The summed E-state index contributed by atoms with van der Waals surface area (Å²) in [5.74, 6) is 0.158. The molecule has 1 aromatic carbocycles. The van der Waals surface area contributed by atoms with Gasteiger partial charge in [-0.15, -0.1) is 0 Å². The van der Waals surface area contributed by atoms with Crippen molar-refractivity contribution >= 4 is 15.9 Å². The number of para-hydroxylation sites is 1. The minimum Gasteiger partial charge on any atom is -0.506 e. The van der Waals surface area contributed by atoms with Gasteiger partial charge in [-0.1, -0.05) is 40.9 Å². The Balaban J connectivity index is 2.45. The lowest BCUT2D eigenvalue weighted by atomic mass is 10.0. The van der Waals surface area contributed by atoms with Gasteiger partial charge in [0.15, 0.2) is 0 Å². The second-order valence-electron chi connectivity index (χ2n) is 3.78. The zero-order valence-corrected chi connectivity index (χ0v) is 10.8. The standard InChI is InChI=1S/C13H16BrNO/c14-9-4-2-1-3-6-11-7-5-8-12(10-15)13(11)16/h5,7-8,16H,1-4,6,9H2. The summed E-state index contributed by atoms with van der Waals surface area (Å²) >= 11 is 3.40. The smallest absolute Gasteiger partial charge is 0.136 e. The summed E-state index contributed by atoms with van der Waals surface area (Å²) in [6, 6.07) is 7.35. The van der Waals surface area contributed by atoms with Crippen molar-refractivity contribution in [1.82, 2.24) is 0 Å². The van der Waals surface area contributed by atoms with E-state index in [9.17, 15) is 5.11 Å². The van der Waals surface area contributed by atoms with Crippen LogP contribution in [0.3, 0.4) is 0 Å². The van der Waals surface area contributed by atoms with Gasteiger partial charge in [0.25, 0.3) is 0 Å². The van der Waals surface area contributed by atoms with Crippen molar-refractivity contribution in [3.05, 3.63) is 29.3 Å². The van der Waals surface area contributed by atoms with Gasteiger partial charge in [0, 0.05) is 5.33 Å². The van der Waals surface area contributed by atoms with Crippen molar-refractivity contribution in [2.75, 3.05) is 5.33 Å². The Hall–Kier alpha value is -1.01. The van der Waals surface area contributed by atoms with E-state index in [1.807, 2.05) is 18.2 Å². The van der Waals surface area contributed by atoms with Crippen LogP contribution in [0.4, 0.5) is 0 Å². The highest BCUT2D eigenvalue weighted by Crippen LogP contribution is 2.23. The molecule has 1 rings (SSSR count). The molecule has 2 nitrogen and oxygen atoms in total. The van der Waals surface area contributed by atoms with Crippen LogP contribution in [0.25, 0.3) is 0 Å². The third-order valence-corrected chi connectivity index (χ3v) is 3.13. The number of phenolic OH excluding ortho intramolecular Hbond substituents is 1. The zero-order chi connectivity index (χ0) is 11.8. The Bertz CT molecular complexity index is 371. The number of unbranched alkanes of at least 4 members (excludes halogenated alkanes) is 3. The van der Waals surface area contributed by atoms with E-state index >= 15 is 0 Å². The van der Waals surface area contributed by atoms with E-state index in [1.54, 1.807) is 6.07 Å². The first kappa shape index (κ1) is 13.1. The van der Waals surface area contributed by atoms with Crippen LogP contribution in [0.2, 0.25) is 0 Å². The third-order valence-electron chi connectivity index (χ3n) is 2.57. The van der Waals surface area contributed by atoms with Crippen molar-refractivity contribution in [3.8, 4) is 11.8 Å². The highest BCUT2D eigenvalue weighted by atomic mass is 79.9. The molecule has 0 aromatic heterocycles. The van der Waals surface area contributed by atoms with Crippen molar-refractivity contribution < 1.29 is 5.11 Å². The van der Waals surface area contributed by atoms with Gasteiger partial charge in [0.2, 0.25) is 0 Å². The Morgan fingerprint density at radius 1 is 1.19 bits per heavy atom. The molecular formula is C13H16BrNO. The fraction of sp³-hybridized carbons (Fsp3) is 0.462. The van der Waals surface area contributed by atoms with Crippen LogP contribution in [-0.2, 0) is 6.42 Å². The normalized spacial score (nSPS) is 10.0. The van der Waals surface area contributed by atoms with Crippen LogP contribution in [0.1, 0.15) is 36.8 Å². The van der Waals surface area contributed by atoms with Crippen molar-refractivity contribution in [2.45, 2.75) is 32.1 Å². The van der Waals surface area contributed by atoms with Crippen LogP contribution >= 0.6 is 15.9 Å². The molecule has 0 fully saturated rings. The van der Waals surface area contributed by atoms with Gasteiger partial charge >= 0.3 is 0 Å². The van der Waals surface area contributed by atoms with E-state index in [0.717, 1.165) is 23.7 Å². The highest BCUT2D eigenvalue weighted by Gasteiger charge is 2.05. The number of nitriles is 1. The Kier molecular flexibility index (Phi) is 5.95. The average Bonchev–Trinajstić information content (AvgIpc) is 2.31. The number of aromatic hydroxyl groups is 1. The van der Waals surface area contributed by atoms with E-state index in [-0.39, 0.29) is 5.75 Å². The predicted octanol–water partition coefficient (Wildman–Crippen LogP) is 3.76. The molecule has 0 amide bonds. The molecule has 0 radical (unpaired) electrons. The molecule has 0 spiro atoms. The van der Waals surface area contributed by atoms with Crippen LogP contribution in [0.15, 0.2) is 18.2 Å². The van der Waals surface area contributed by atoms with Crippen molar-refractivity contribution in [3.63, 3.8) is 0 Å². The van der Waals surface area contributed by atoms with Gasteiger partial charge in [-0.05, 0) is 30.9 Å². The number of nitrogens with zero attached hydrogens (tertiary/aromatic N) is 1. The summed E-state index contributed by atoms with van der Waals surface area (Å²) in [6.45, 7) is 0. The second-order valence-corrected chi connectivity index (χ2v) is 4.57. The van der Waals surface area contributed by atoms with Gasteiger partial charge in [-0.25, -0.2) is 0 Å². The number of alkyl halides is 1. The molecule has 16 heavy (non-hydrogen) atoms. The van der Waals surface area contributed by atoms with Crippen LogP contribution in [-0.4, -0.2) is 10.4 Å². The lowest BCUT2D eigenvalue weighted by Gasteiger charge is -2.05. The number of benzene rings is 1. The Morgan fingerprint density at radius 2 is 1.94 bits per heavy atom. The number of hydrogen-bond acceptors (Lipinski definition) is 2. The molecular weight excluding hydrogens is 266 g/mol. The van der Waals surface area contributed by atoms with Crippen molar-refractivity contribution in [1.29, 1.82) is 5.26 Å². The molecule has 0 bridgehead atoms. The first-order valence-corrected chi connectivity index (χ1v) is 6.68. The molecule has 0 aliphatic rings. The third kappa shape index (κ3) is 3.86. The monoisotopic (exact) mass is 281 g/mol.